The number of aryl methyl sites for hydroxylation is 1. The maximum absolute atomic E-state index is 11.3. The molecule has 1 aromatic carbocycles. The van der Waals surface area contributed by atoms with Crippen LogP contribution in [0.3, 0.4) is 0 Å². The number of H-pyrrole nitrogens is 1. The van der Waals surface area contributed by atoms with Gasteiger partial charge in [0, 0.05) is 5.56 Å². The summed E-state index contributed by atoms with van der Waals surface area (Å²) in [7, 11) is 0. The van der Waals surface area contributed by atoms with Crippen LogP contribution in [0.25, 0.3) is 11.0 Å². The van der Waals surface area contributed by atoms with Gasteiger partial charge in [-0.1, -0.05) is 0 Å². The molecule has 2 rings (SSSR count). The molecule has 1 heterocycles. The van der Waals surface area contributed by atoms with Gasteiger partial charge in [0.25, 0.3) is 5.56 Å². The van der Waals surface area contributed by atoms with Crippen molar-refractivity contribution < 1.29 is 4.79 Å². The summed E-state index contributed by atoms with van der Waals surface area (Å²) in [6.45, 7) is 3.14. The van der Waals surface area contributed by atoms with Crippen molar-refractivity contribution in [3.63, 3.8) is 0 Å². The molecule has 4 nitrogen and oxygen atoms in total. The molecule has 0 radical (unpaired) electrons. The molecule has 1 N–H and O–H groups in total. The van der Waals surface area contributed by atoms with Crippen LogP contribution in [0.1, 0.15) is 23.0 Å². The van der Waals surface area contributed by atoms with Crippen molar-refractivity contribution in [1.82, 2.24) is 9.97 Å². The van der Waals surface area contributed by atoms with E-state index in [-0.39, 0.29) is 11.3 Å². The van der Waals surface area contributed by atoms with Crippen LogP contribution in [0.15, 0.2) is 23.0 Å². The minimum Gasteiger partial charge on any atom is -0.319 e. The van der Waals surface area contributed by atoms with Crippen LogP contribution in [0.4, 0.5) is 0 Å². The third-order valence-corrected chi connectivity index (χ3v) is 2.27. The molecule has 0 bridgehead atoms. The number of nitrogens with one attached hydrogen (secondary N) is 1. The molecule has 15 heavy (non-hydrogen) atoms. The maximum atomic E-state index is 11.3. The predicted molar refractivity (Wildman–Crippen MR) is 57.1 cm³/mol. The van der Waals surface area contributed by atoms with Crippen molar-refractivity contribution in [2.24, 2.45) is 0 Å². The maximum Gasteiger partial charge on any atom is 0.269 e. The number of hydrogen-bond acceptors (Lipinski definition) is 3. The van der Waals surface area contributed by atoms with E-state index in [0.29, 0.717) is 22.3 Å². The minimum atomic E-state index is -0.196. The SMILES string of the molecule is CC(=O)c1ccc2[nH]c(=O)c(C)nc2c1. The standard InChI is InChI=1S/C11H10N2O2/c1-6-11(15)13-9-4-3-8(7(2)14)5-10(9)12-6/h3-5H,1-2H3,(H,13,15). The number of carbonyl (C=O) groups excluding carboxylic acids is 1. The first kappa shape index (κ1) is 9.58. The van der Waals surface area contributed by atoms with Crippen molar-refractivity contribution >= 4 is 16.8 Å². The summed E-state index contributed by atoms with van der Waals surface area (Å²) in [4.78, 5) is 29.2. The highest BCUT2D eigenvalue weighted by molar-refractivity contribution is 5.97. The molecular formula is C11H10N2O2. The molecule has 0 spiro atoms. The van der Waals surface area contributed by atoms with Gasteiger partial charge in [0.1, 0.15) is 5.69 Å². The normalized spacial score (nSPS) is 10.5. The van der Waals surface area contributed by atoms with Gasteiger partial charge in [-0.05, 0) is 32.0 Å². The van der Waals surface area contributed by atoms with Gasteiger partial charge in [-0.2, -0.15) is 0 Å². The highest BCUT2D eigenvalue weighted by Crippen LogP contribution is 2.10. The van der Waals surface area contributed by atoms with E-state index in [4.69, 9.17) is 0 Å². The number of aromatic amines is 1. The van der Waals surface area contributed by atoms with Gasteiger partial charge in [0.05, 0.1) is 11.0 Å². The first-order valence-corrected chi connectivity index (χ1v) is 4.59. The van der Waals surface area contributed by atoms with Crippen LogP contribution in [0, 0.1) is 6.92 Å². The molecule has 0 aliphatic heterocycles. The Hall–Kier alpha value is -1.97. The van der Waals surface area contributed by atoms with Gasteiger partial charge in [-0.25, -0.2) is 4.98 Å². The Kier molecular flexibility index (Phi) is 2.11. The third kappa shape index (κ3) is 1.66. The number of carbonyl (C=O) groups is 1. The molecule has 1 aromatic heterocycles. The second kappa shape index (κ2) is 3.31. The van der Waals surface area contributed by atoms with Gasteiger partial charge in [-0.15, -0.1) is 0 Å². The van der Waals surface area contributed by atoms with E-state index in [0.717, 1.165) is 0 Å². The first-order valence-electron chi connectivity index (χ1n) is 4.59. The summed E-state index contributed by atoms with van der Waals surface area (Å²) in [6, 6.07) is 5.05. The summed E-state index contributed by atoms with van der Waals surface area (Å²) in [5.74, 6) is -0.0115. The van der Waals surface area contributed by atoms with Crippen molar-refractivity contribution in [1.29, 1.82) is 0 Å². The fourth-order valence-electron chi connectivity index (χ4n) is 1.39. The molecule has 2 aromatic rings. The lowest BCUT2D eigenvalue weighted by atomic mass is 10.1. The Morgan fingerprint density at radius 1 is 1.40 bits per heavy atom. The lowest BCUT2D eigenvalue weighted by molar-refractivity contribution is 0.101. The molecule has 76 valence electrons. The fraction of sp³-hybridized carbons (Fsp3) is 0.182. The fourth-order valence-corrected chi connectivity index (χ4v) is 1.39. The minimum absolute atomic E-state index is 0.0115. The van der Waals surface area contributed by atoms with Crippen LogP contribution in [-0.2, 0) is 0 Å². The zero-order valence-corrected chi connectivity index (χ0v) is 8.50. The van der Waals surface area contributed by atoms with Crippen LogP contribution in [0.5, 0.6) is 0 Å². The Labute approximate surface area is 86.0 Å². The van der Waals surface area contributed by atoms with Crippen LogP contribution in [0.2, 0.25) is 0 Å². The monoisotopic (exact) mass is 202 g/mol. The van der Waals surface area contributed by atoms with Gasteiger partial charge in [-0.3, -0.25) is 9.59 Å². The van der Waals surface area contributed by atoms with E-state index in [2.05, 4.69) is 9.97 Å². The summed E-state index contributed by atoms with van der Waals surface area (Å²) < 4.78 is 0. The number of benzene rings is 1. The molecule has 0 aliphatic carbocycles. The molecule has 0 atom stereocenters. The summed E-state index contributed by atoms with van der Waals surface area (Å²) in [5, 5.41) is 0. The van der Waals surface area contributed by atoms with E-state index in [1.165, 1.54) is 6.92 Å². The molecule has 0 unspecified atom stereocenters. The Morgan fingerprint density at radius 2 is 2.13 bits per heavy atom. The van der Waals surface area contributed by atoms with Crippen molar-refractivity contribution in [3.8, 4) is 0 Å². The van der Waals surface area contributed by atoms with Crippen LogP contribution in [-0.4, -0.2) is 15.8 Å². The van der Waals surface area contributed by atoms with Crippen LogP contribution < -0.4 is 5.56 Å². The van der Waals surface area contributed by atoms with Crippen molar-refractivity contribution in [3.05, 3.63) is 39.8 Å². The van der Waals surface area contributed by atoms with E-state index < -0.39 is 0 Å². The Balaban J connectivity index is 2.77. The van der Waals surface area contributed by atoms with E-state index >= 15 is 0 Å². The third-order valence-electron chi connectivity index (χ3n) is 2.27. The number of fused-ring (bicyclic) bond motifs is 1. The highest BCUT2D eigenvalue weighted by atomic mass is 16.1. The van der Waals surface area contributed by atoms with E-state index in [1.807, 2.05) is 0 Å². The molecule has 0 saturated heterocycles. The Bertz CT molecular complexity index is 599. The molecule has 0 saturated carbocycles. The molecular weight excluding hydrogens is 192 g/mol. The van der Waals surface area contributed by atoms with Gasteiger partial charge >= 0.3 is 0 Å². The number of rotatable bonds is 1. The van der Waals surface area contributed by atoms with Crippen molar-refractivity contribution in [2.75, 3.05) is 0 Å². The summed E-state index contributed by atoms with van der Waals surface area (Å²) in [5.41, 5.74) is 2.10. The Morgan fingerprint density at radius 3 is 2.80 bits per heavy atom. The van der Waals surface area contributed by atoms with Gasteiger partial charge < -0.3 is 4.98 Å². The van der Waals surface area contributed by atoms with Gasteiger partial charge in [0.15, 0.2) is 5.78 Å². The van der Waals surface area contributed by atoms with Crippen LogP contribution >= 0.6 is 0 Å². The highest BCUT2D eigenvalue weighted by Gasteiger charge is 2.03. The predicted octanol–water partition coefficient (Wildman–Crippen LogP) is 1.43. The van der Waals surface area contributed by atoms with Crippen molar-refractivity contribution in [2.45, 2.75) is 13.8 Å². The first-order chi connectivity index (χ1) is 7.08. The number of ketones is 1. The lowest BCUT2D eigenvalue weighted by Crippen LogP contribution is -2.11. The number of Topliss-reactive ketones (excluding diaryl/α,β-unsaturated/α-hetero) is 1. The molecule has 0 fully saturated rings. The second-order valence-corrected chi connectivity index (χ2v) is 3.44. The molecule has 0 aliphatic rings. The molecule has 0 amide bonds. The zero-order chi connectivity index (χ0) is 11.0. The second-order valence-electron chi connectivity index (χ2n) is 3.44. The number of hydrogen-bond donors (Lipinski definition) is 1. The van der Waals surface area contributed by atoms with E-state index in [1.54, 1.807) is 25.1 Å². The summed E-state index contributed by atoms with van der Waals surface area (Å²) in [6.07, 6.45) is 0. The number of nitrogens with zero attached hydrogens (tertiary/aromatic N) is 1. The van der Waals surface area contributed by atoms with Gasteiger partial charge in [0.2, 0.25) is 0 Å². The largest absolute Gasteiger partial charge is 0.319 e. The zero-order valence-electron chi connectivity index (χ0n) is 8.50. The quantitative estimate of drug-likeness (QED) is 0.711. The lowest BCUT2D eigenvalue weighted by Gasteiger charge is -2.00. The summed E-state index contributed by atoms with van der Waals surface area (Å²) >= 11 is 0. The number of aromatic nitrogens is 2. The van der Waals surface area contributed by atoms with E-state index in [9.17, 15) is 9.59 Å². The smallest absolute Gasteiger partial charge is 0.269 e. The average molecular weight is 202 g/mol. The topological polar surface area (TPSA) is 62.8 Å². The average Bonchev–Trinajstić information content (AvgIpc) is 2.19. The molecule has 4 heteroatoms.